The molecule has 0 spiro atoms. The van der Waals surface area contributed by atoms with Gasteiger partial charge in [-0.25, -0.2) is 0 Å². The van der Waals surface area contributed by atoms with Crippen LogP contribution in [0.1, 0.15) is 53.4 Å². The number of amides is 1. The van der Waals surface area contributed by atoms with Crippen molar-refractivity contribution >= 4 is 5.91 Å². The van der Waals surface area contributed by atoms with Crippen molar-refractivity contribution in [3.05, 3.63) is 0 Å². The number of rotatable bonds is 6. The molecule has 0 heterocycles. The van der Waals surface area contributed by atoms with Gasteiger partial charge in [0, 0.05) is 12.6 Å². The van der Waals surface area contributed by atoms with Gasteiger partial charge in [-0.3, -0.25) is 4.79 Å². The molecule has 3 N–H and O–H groups in total. The Morgan fingerprint density at radius 3 is 2.50 bits per heavy atom. The monoisotopic (exact) mass is 254 g/mol. The van der Waals surface area contributed by atoms with Crippen LogP contribution in [0.5, 0.6) is 0 Å². The zero-order valence-corrected chi connectivity index (χ0v) is 12.4. The SMILES string of the molecule is CCC1CCC(NC(=O)C(CN)CC(C)C)C1C. The Kier molecular flexibility index (Phi) is 6.13. The largest absolute Gasteiger partial charge is 0.353 e. The first-order valence-electron chi connectivity index (χ1n) is 7.50. The van der Waals surface area contributed by atoms with Gasteiger partial charge < -0.3 is 11.1 Å². The number of nitrogens with one attached hydrogen (secondary N) is 1. The van der Waals surface area contributed by atoms with Crippen molar-refractivity contribution in [2.75, 3.05) is 6.54 Å². The van der Waals surface area contributed by atoms with E-state index in [2.05, 4.69) is 33.0 Å². The van der Waals surface area contributed by atoms with Gasteiger partial charge in [-0.05, 0) is 37.0 Å². The van der Waals surface area contributed by atoms with E-state index in [1.54, 1.807) is 0 Å². The quantitative estimate of drug-likeness (QED) is 0.765. The average Bonchev–Trinajstić information content (AvgIpc) is 2.67. The molecule has 1 amide bonds. The molecule has 0 saturated heterocycles. The van der Waals surface area contributed by atoms with Crippen molar-refractivity contribution in [2.45, 2.75) is 59.4 Å². The van der Waals surface area contributed by atoms with Crippen LogP contribution in [0.2, 0.25) is 0 Å². The lowest BCUT2D eigenvalue weighted by Crippen LogP contribution is -2.43. The Balaban J connectivity index is 2.48. The smallest absolute Gasteiger partial charge is 0.224 e. The highest BCUT2D eigenvalue weighted by Gasteiger charge is 2.33. The molecule has 4 unspecified atom stereocenters. The average molecular weight is 254 g/mol. The molecular formula is C15H30N2O. The fraction of sp³-hybridized carbons (Fsp3) is 0.933. The molecule has 1 rings (SSSR count). The summed E-state index contributed by atoms with van der Waals surface area (Å²) in [5.41, 5.74) is 5.72. The van der Waals surface area contributed by atoms with Crippen molar-refractivity contribution in [3.63, 3.8) is 0 Å². The van der Waals surface area contributed by atoms with Crippen LogP contribution in [0.25, 0.3) is 0 Å². The molecule has 4 atom stereocenters. The van der Waals surface area contributed by atoms with Gasteiger partial charge in [0.05, 0.1) is 5.92 Å². The Morgan fingerprint density at radius 2 is 2.06 bits per heavy atom. The summed E-state index contributed by atoms with van der Waals surface area (Å²) in [5.74, 6) is 2.06. The van der Waals surface area contributed by atoms with Gasteiger partial charge in [0.25, 0.3) is 0 Å². The fourth-order valence-corrected chi connectivity index (χ4v) is 3.21. The summed E-state index contributed by atoms with van der Waals surface area (Å²) in [6.07, 6.45) is 4.49. The van der Waals surface area contributed by atoms with E-state index in [4.69, 9.17) is 5.73 Å². The van der Waals surface area contributed by atoms with Crippen LogP contribution in [-0.2, 0) is 4.79 Å². The number of hydrogen-bond acceptors (Lipinski definition) is 2. The molecule has 0 bridgehead atoms. The van der Waals surface area contributed by atoms with E-state index in [0.717, 1.165) is 18.8 Å². The van der Waals surface area contributed by atoms with Gasteiger partial charge >= 0.3 is 0 Å². The highest BCUT2D eigenvalue weighted by molar-refractivity contribution is 5.79. The van der Waals surface area contributed by atoms with Crippen LogP contribution in [0, 0.1) is 23.7 Å². The zero-order valence-electron chi connectivity index (χ0n) is 12.4. The number of carbonyl (C=O) groups excluding carboxylic acids is 1. The highest BCUT2D eigenvalue weighted by Crippen LogP contribution is 2.34. The third kappa shape index (κ3) is 3.98. The topological polar surface area (TPSA) is 55.1 Å². The molecule has 18 heavy (non-hydrogen) atoms. The maximum atomic E-state index is 12.2. The minimum atomic E-state index is -0.0159. The Hall–Kier alpha value is -0.570. The number of hydrogen-bond donors (Lipinski definition) is 2. The van der Waals surface area contributed by atoms with E-state index in [9.17, 15) is 4.79 Å². The maximum Gasteiger partial charge on any atom is 0.224 e. The number of carbonyl (C=O) groups is 1. The molecule has 0 radical (unpaired) electrons. The molecule has 0 aromatic heterocycles. The van der Waals surface area contributed by atoms with Crippen molar-refractivity contribution in [3.8, 4) is 0 Å². The molecule has 3 nitrogen and oxygen atoms in total. The minimum absolute atomic E-state index is 0.0159. The van der Waals surface area contributed by atoms with Crippen molar-refractivity contribution in [2.24, 2.45) is 29.4 Å². The zero-order chi connectivity index (χ0) is 13.7. The Labute approximate surface area is 112 Å². The molecule has 1 aliphatic rings. The summed E-state index contributed by atoms with van der Waals surface area (Å²) in [6.45, 7) is 9.25. The van der Waals surface area contributed by atoms with E-state index in [-0.39, 0.29) is 11.8 Å². The van der Waals surface area contributed by atoms with Gasteiger partial charge in [0.15, 0.2) is 0 Å². The van der Waals surface area contributed by atoms with Crippen LogP contribution in [0.4, 0.5) is 0 Å². The third-order valence-electron chi connectivity index (χ3n) is 4.49. The Morgan fingerprint density at radius 1 is 1.39 bits per heavy atom. The molecule has 3 heteroatoms. The van der Waals surface area contributed by atoms with Gasteiger partial charge in [0.1, 0.15) is 0 Å². The third-order valence-corrected chi connectivity index (χ3v) is 4.49. The molecule has 106 valence electrons. The van der Waals surface area contributed by atoms with Crippen LogP contribution in [0.3, 0.4) is 0 Å². The second kappa shape index (κ2) is 7.13. The lowest BCUT2D eigenvalue weighted by molar-refractivity contribution is -0.126. The summed E-state index contributed by atoms with van der Waals surface area (Å²) in [5, 5.41) is 3.23. The molecule has 1 fully saturated rings. The van der Waals surface area contributed by atoms with Gasteiger partial charge in [-0.15, -0.1) is 0 Å². The van der Waals surface area contributed by atoms with Crippen LogP contribution in [0.15, 0.2) is 0 Å². The lowest BCUT2D eigenvalue weighted by atomic mass is 9.92. The van der Waals surface area contributed by atoms with Gasteiger partial charge in [-0.1, -0.05) is 34.1 Å². The normalized spacial score (nSPS) is 29.6. The lowest BCUT2D eigenvalue weighted by Gasteiger charge is -2.24. The molecule has 1 aliphatic carbocycles. The van der Waals surface area contributed by atoms with E-state index in [1.807, 2.05) is 0 Å². The number of nitrogens with two attached hydrogens (primary N) is 1. The van der Waals surface area contributed by atoms with Crippen LogP contribution in [-0.4, -0.2) is 18.5 Å². The molecular weight excluding hydrogens is 224 g/mol. The fourth-order valence-electron chi connectivity index (χ4n) is 3.21. The summed E-state index contributed by atoms with van der Waals surface area (Å²) >= 11 is 0. The summed E-state index contributed by atoms with van der Waals surface area (Å²) in [4.78, 5) is 12.2. The predicted molar refractivity (Wildman–Crippen MR) is 76.1 cm³/mol. The highest BCUT2D eigenvalue weighted by atomic mass is 16.2. The van der Waals surface area contributed by atoms with Crippen molar-refractivity contribution in [1.82, 2.24) is 5.32 Å². The second-order valence-electron chi connectivity index (χ2n) is 6.28. The first-order chi connectivity index (χ1) is 8.49. The summed E-state index contributed by atoms with van der Waals surface area (Å²) in [6, 6.07) is 0.365. The molecule has 0 aromatic rings. The van der Waals surface area contributed by atoms with E-state index >= 15 is 0 Å². The summed E-state index contributed by atoms with van der Waals surface area (Å²) in [7, 11) is 0. The molecule has 0 aliphatic heterocycles. The maximum absolute atomic E-state index is 12.2. The van der Waals surface area contributed by atoms with Crippen molar-refractivity contribution in [1.29, 1.82) is 0 Å². The first-order valence-corrected chi connectivity index (χ1v) is 7.50. The predicted octanol–water partition coefficient (Wildman–Crippen LogP) is 2.55. The van der Waals surface area contributed by atoms with Gasteiger partial charge in [0.2, 0.25) is 5.91 Å². The van der Waals surface area contributed by atoms with Crippen molar-refractivity contribution < 1.29 is 4.79 Å². The van der Waals surface area contributed by atoms with E-state index < -0.39 is 0 Å². The van der Waals surface area contributed by atoms with E-state index in [1.165, 1.54) is 12.8 Å². The van der Waals surface area contributed by atoms with E-state index in [0.29, 0.717) is 24.4 Å². The molecule has 1 saturated carbocycles. The molecule has 0 aromatic carbocycles. The standard InChI is InChI=1S/C15H30N2O/c1-5-12-6-7-14(11(12)4)17-15(18)13(9-16)8-10(2)3/h10-14H,5-9,16H2,1-4H3,(H,17,18). The second-order valence-corrected chi connectivity index (χ2v) is 6.28. The van der Waals surface area contributed by atoms with Crippen LogP contribution >= 0.6 is 0 Å². The summed E-state index contributed by atoms with van der Waals surface area (Å²) < 4.78 is 0. The van der Waals surface area contributed by atoms with Gasteiger partial charge in [-0.2, -0.15) is 0 Å². The van der Waals surface area contributed by atoms with Crippen LogP contribution < -0.4 is 11.1 Å². The minimum Gasteiger partial charge on any atom is -0.353 e. The first kappa shape index (κ1) is 15.5. The Bertz CT molecular complexity index is 265.